The van der Waals surface area contributed by atoms with Crippen molar-refractivity contribution in [2.24, 2.45) is 0 Å². The number of H-pyrrole nitrogens is 1. The first kappa shape index (κ1) is 14.4. The molecule has 1 aliphatic rings. The lowest BCUT2D eigenvalue weighted by Crippen LogP contribution is -2.06. The maximum Gasteiger partial charge on any atom is 0.144 e. The first-order valence-corrected chi connectivity index (χ1v) is 8.91. The van der Waals surface area contributed by atoms with Gasteiger partial charge >= 0.3 is 0 Å². The van der Waals surface area contributed by atoms with E-state index in [1.807, 2.05) is 6.92 Å². The molecule has 0 atom stereocenters. The molecule has 1 aliphatic carbocycles. The Bertz CT molecular complexity index is 671. The van der Waals surface area contributed by atoms with Crippen molar-refractivity contribution >= 4 is 39.5 Å². The highest BCUT2D eigenvalue weighted by atomic mass is 79.9. The highest BCUT2D eigenvalue weighted by molar-refractivity contribution is 9.10. The Morgan fingerprint density at radius 3 is 2.80 bits per heavy atom. The van der Waals surface area contributed by atoms with Gasteiger partial charge in [-0.05, 0) is 35.7 Å². The molecule has 0 spiro atoms. The van der Waals surface area contributed by atoms with Crippen LogP contribution in [0.3, 0.4) is 0 Å². The van der Waals surface area contributed by atoms with Crippen LogP contribution in [-0.2, 0) is 6.42 Å². The SMILES string of the molecule is Cc1nc(Cc2nc(=S)c(Br)c(C3CCCC3)[nH]2)cs1. The van der Waals surface area contributed by atoms with Crippen LogP contribution in [0.4, 0.5) is 0 Å². The van der Waals surface area contributed by atoms with Crippen LogP contribution in [0.2, 0.25) is 0 Å². The fourth-order valence-electron chi connectivity index (χ4n) is 2.77. The van der Waals surface area contributed by atoms with Gasteiger partial charge in [0, 0.05) is 23.4 Å². The van der Waals surface area contributed by atoms with E-state index in [1.165, 1.54) is 31.4 Å². The Hall–Kier alpha value is -0.590. The second kappa shape index (κ2) is 6.03. The molecule has 0 aliphatic heterocycles. The lowest BCUT2D eigenvalue weighted by Gasteiger charge is -2.13. The number of hydrogen-bond donors (Lipinski definition) is 1. The van der Waals surface area contributed by atoms with Crippen molar-refractivity contribution in [1.29, 1.82) is 0 Å². The van der Waals surface area contributed by atoms with E-state index < -0.39 is 0 Å². The van der Waals surface area contributed by atoms with Crippen LogP contribution >= 0.6 is 39.5 Å². The number of aryl methyl sites for hydroxylation is 1. The first-order chi connectivity index (χ1) is 9.63. The minimum absolute atomic E-state index is 0.588. The zero-order chi connectivity index (χ0) is 14.1. The Kier molecular flexibility index (Phi) is 4.33. The van der Waals surface area contributed by atoms with Gasteiger partial charge in [-0.25, -0.2) is 9.97 Å². The molecule has 3 rings (SSSR count). The van der Waals surface area contributed by atoms with Crippen molar-refractivity contribution in [2.75, 3.05) is 0 Å². The molecule has 0 saturated heterocycles. The van der Waals surface area contributed by atoms with Crippen LogP contribution in [0.25, 0.3) is 0 Å². The first-order valence-electron chi connectivity index (χ1n) is 6.83. The molecule has 2 heterocycles. The smallest absolute Gasteiger partial charge is 0.144 e. The zero-order valence-corrected chi connectivity index (χ0v) is 14.5. The summed E-state index contributed by atoms with van der Waals surface area (Å²) in [6, 6.07) is 0. The minimum atomic E-state index is 0.588. The van der Waals surface area contributed by atoms with E-state index in [2.05, 4.69) is 36.3 Å². The summed E-state index contributed by atoms with van der Waals surface area (Å²) >= 11 is 10.7. The Labute approximate surface area is 136 Å². The standard InChI is InChI=1S/C14H16BrN3S2/c1-8-16-10(7-20-8)6-11-17-13(9-4-2-3-5-9)12(15)14(19)18-11/h7,9H,2-6H2,1H3,(H,17,18,19). The van der Waals surface area contributed by atoms with E-state index >= 15 is 0 Å². The zero-order valence-electron chi connectivity index (χ0n) is 11.3. The summed E-state index contributed by atoms with van der Waals surface area (Å²) in [5, 5.41) is 3.18. The maximum atomic E-state index is 5.39. The predicted octanol–water partition coefficient (Wildman–Crippen LogP) is 4.92. The van der Waals surface area contributed by atoms with Crippen LogP contribution in [0.15, 0.2) is 9.85 Å². The Balaban J connectivity index is 1.93. The van der Waals surface area contributed by atoms with E-state index in [1.54, 1.807) is 11.3 Å². The summed E-state index contributed by atoms with van der Waals surface area (Å²) in [6.45, 7) is 2.02. The molecule has 2 aromatic rings. The summed E-state index contributed by atoms with van der Waals surface area (Å²) in [5.41, 5.74) is 2.29. The Morgan fingerprint density at radius 1 is 1.40 bits per heavy atom. The van der Waals surface area contributed by atoms with Gasteiger partial charge in [-0.15, -0.1) is 11.3 Å². The third-order valence-electron chi connectivity index (χ3n) is 3.72. The molecule has 1 N–H and O–H groups in total. The van der Waals surface area contributed by atoms with Crippen molar-refractivity contribution in [3.8, 4) is 0 Å². The van der Waals surface area contributed by atoms with Gasteiger partial charge in [-0.3, -0.25) is 0 Å². The van der Waals surface area contributed by atoms with Crippen LogP contribution < -0.4 is 0 Å². The maximum absolute atomic E-state index is 5.39. The number of halogens is 1. The number of nitrogens with one attached hydrogen (secondary N) is 1. The number of aromatic nitrogens is 3. The molecule has 2 aromatic heterocycles. The van der Waals surface area contributed by atoms with Gasteiger partial charge in [0.2, 0.25) is 0 Å². The summed E-state index contributed by atoms with van der Waals surface area (Å²) in [7, 11) is 0. The number of thiazole rings is 1. The lowest BCUT2D eigenvalue weighted by molar-refractivity contribution is 0.679. The number of aromatic amines is 1. The molecule has 0 unspecified atom stereocenters. The Morgan fingerprint density at radius 2 is 2.15 bits per heavy atom. The van der Waals surface area contributed by atoms with E-state index in [0.29, 0.717) is 10.6 Å². The largest absolute Gasteiger partial charge is 0.346 e. The predicted molar refractivity (Wildman–Crippen MR) is 88.0 cm³/mol. The molecule has 0 bridgehead atoms. The molecule has 106 valence electrons. The van der Waals surface area contributed by atoms with Crippen molar-refractivity contribution < 1.29 is 0 Å². The van der Waals surface area contributed by atoms with Crippen LogP contribution in [-0.4, -0.2) is 15.0 Å². The monoisotopic (exact) mass is 369 g/mol. The lowest BCUT2D eigenvalue weighted by atomic mass is 10.0. The summed E-state index contributed by atoms with van der Waals surface area (Å²) < 4.78 is 1.63. The molecule has 1 fully saturated rings. The second-order valence-electron chi connectivity index (χ2n) is 5.23. The van der Waals surface area contributed by atoms with Crippen LogP contribution in [0.5, 0.6) is 0 Å². The molecular weight excluding hydrogens is 354 g/mol. The van der Waals surface area contributed by atoms with Crippen LogP contribution in [0, 0.1) is 11.6 Å². The van der Waals surface area contributed by atoms with Crippen molar-refractivity contribution in [2.45, 2.75) is 44.9 Å². The van der Waals surface area contributed by atoms with Gasteiger partial charge in [0.25, 0.3) is 0 Å². The van der Waals surface area contributed by atoms with Gasteiger partial charge in [-0.2, -0.15) is 0 Å². The van der Waals surface area contributed by atoms with E-state index in [4.69, 9.17) is 12.2 Å². The quantitative estimate of drug-likeness (QED) is 0.780. The second-order valence-corrected chi connectivity index (χ2v) is 7.47. The highest BCUT2D eigenvalue weighted by Crippen LogP contribution is 2.36. The fourth-order valence-corrected chi connectivity index (χ4v) is 4.11. The third kappa shape index (κ3) is 3.02. The molecule has 0 amide bonds. The van der Waals surface area contributed by atoms with Crippen LogP contribution in [0.1, 0.15) is 53.8 Å². The average molecular weight is 370 g/mol. The molecule has 20 heavy (non-hydrogen) atoms. The molecular formula is C14H16BrN3S2. The van der Waals surface area contributed by atoms with E-state index in [0.717, 1.165) is 27.4 Å². The molecule has 3 nitrogen and oxygen atoms in total. The highest BCUT2D eigenvalue weighted by Gasteiger charge is 2.21. The van der Waals surface area contributed by atoms with Crippen molar-refractivity contribution in [3.05, 3.63) is 36.7 Å². The molecule has 0 aromatic carbocycles. The molecule has 0 radical (unpaired) electrons. The van der Waals surface area contributed by atoms with Gasteiger partial charge in [0.15, 0.2) is 0 Å². The summed E-state index contributed by atoms with van der Waals surface area (Å²) in [5.74, 6) is 1.51. The fraction of sp³-hybridized carbons (Fsp3) is 0.500. The number of rotatable bonds is 3. The average Bonchev–Trinajstić information content (AvgIpc) is 3.05. The summed E-state index contributed by atoms with van der Waals surface area (Å²) in [6.07, 6.45) is 5.81. The van der Waals surface area contributed by atoms with Crippen molar-refractivity contribution in [1.82, 2.24) is 15.0 Å². The normalized spacial score (nSPS) is 15.9. The van der Waals surface area contributed by atoms with Gasteiger partial charge in [0.05, 0.1) is 15.2 Å². The van der Waals surface area contributed by atoms with Gasteiger partial charge in [0.1, 0.15) is 10.5 Å². The summed E-state index contributed by atoms with van der Waals surface area (Å²) in [4.78, 5) is 12.5. The van der Waals surface area contributed by atoms with Crippen molar-refractivity contribution in [3.63, 3.8) is 0 Å². The minimum Gasteiger partial charge on any atom is -0.346 e. The molecule has 6 heteroatoms. The van der Waals surface area contributed by atoms with Gasteiger partial charge < -0.3 is 4.98 Å². The van der Waals surface area contributed by atoms with Gasteiger partial charge in [-0.1, -0.05) is 25.1 Å². The topological polar surface area (TPSA) is 41.6 Å². The van der Waals surface area contributed by atoms with E-state index in [9.17, 15) is 0 Å². The molecule has 1 saturated carbocycles. The third-order valence-corrected chi connectivity index (χ3v) is 5.90. The van der Waals surface area contributed by atoms with E-state index in [-0.39, 0.29) is 0 Å². The number of nitrogens with zero attached hydrogens (tertiary/aromatic N) is 2. The number of hydrogen-bond acceptors (Lipinski definition) is 4.